The number of H-pyrrole nitrogens is 1. The van der Waals surface area contributed by atoms with Crippen LogP contribution in [0.25, 0.3) is 0 Å². The van der Waals surface area contributed by atoms with Crippen LogP contribution >= 0.6 is 12.2 Å². The lowest BCUT2D eigenvalue weighted by atomic mass is 10.3. The highest BCUT2D eigenvalue weighted by atomic mass is 32.1. The van der Waals surface area contributed by atoms with Crippen molar-refractivity contribution < 1.29 is 9.53 Å². The number of esters is 1. The van der Waals surface area contributed by atoms with Gasteiger partial charge >= 0.3 is 5.97 Å². The molecule has 1 aromatic heterocycles. The van der Waals surface area contributed by atoms with Gasteiger partial charge in [0, 0.05) is 0 Å². The lowest BCUT2D eigenvalue weighted by Gasteiger charge is -2.11. The molecule has 1 unspecified atom stereocenters. The van der Waals surface area contributed by atoms with Gasteiger partial charge < -0.3 is 10.5 Å². The summed E-state index contributed by atoms with van der Waals surface area (Å²) in [6.07, 6.45) is 0. The third-order valence-corrected chi connectivity index (χ3v) is 2.03. The van der Waals surface area contributed by atoms with Crippen molar-refractivity contribution in [2.75, 3.05) is 12.3 Å². The number of hydrogen-bond donors (Lipinski definition) is 2. The van der Waals surface area contributed by atoms with Crippen molar-refractivity contribution in [1.82, 2.24) is 14.8 Å². The summed E-state index contributed by atoms with van der Waals surface area (Å²) in [5.41, 5.74) is 5.52. The number of hydrogen-bond acceptors (Lipinski definition) is 5. The standard InChI is InChI=1S/C7H12N4O2S/c1-3-13-5(12)4(2)11-6(8)9-10-7(11)14/h4H,3H2,1-2H3,(H2,8,9)(H,10,14). The number of nitrogen functional groups attached to an aromatic ring is 1. The first-order valence-corrected chi connectivity index (χ1v) is 4.57. The predicted octanol–water partition coefficient (Wildman–Crippen LogP) is 0.647. The molecule has 0 aromatic carbocycles. The van der Waals surface area contributed by atoms with Gasteiger partial charge in [-0.1, -0.05) is 0 Å². The summed E-state index contributed by atoms with van der Waals surface area (Å²) in [6.45, 7) is 3.72. The second-order valence-electron chi connectivity index (χ2n) is 2.68. The van der Waals surface area contributed by atoms with Crippen molar-refractivity contribution in [2.24, 2.45) is 0 Å². The maximum absolute atomic E-state index is 11.4. The van der Waals surface area contributed by atoms with E-state index in [2.05, 4.69) is 10.2 Å². The molecule has 0 saturated carbocycles. The largest absolute Gasteiger partial charge is 0.464 e. The fourth-order valence-corrected chi connectivity index (χ4v) is 1.36. The van der Waals surface area contributed by atoms with E-state index in [-0.39, 0.29) is 11.9 Å². The highest BCUT2D eigenvalue weighted by Crippen LogP contribution is 2.12. The zero-order chi connectivity index (χ0) is 10.7. The second kappa shape index (κ2) is 4.23. The average molecular weight is 216 g/mol. The number of nitrogens with zero attached hydrogens (tertiary/aromatic N) is 2. The number of nitrogens with one attached hydrogen (secondary N) is 1. The number of nitrogens with two attached hydrogens (primary N) is 1. The molecule has 0 fully saturated rings. The summed E-state index contributed by atoms with van der Waals surface area (Å²) in [5, 5.41) is 6.19. The van der Waals surface area contributed by atoms with Gasteiger partial charge in [-0.25, -0.2) is 9.89 Å². The van der Waals surface area contributed by atoms with Crippen molar-refractivity contribution >= 4 is 24.1 Å². The molecule has 0 aliphatic rings. The van der Waals surface area contributed by atoms with Crippen LogP contribution in [-0.4, -0.2) is 27.3 Å². The SMILES string of the molecule is CCOC(=O)C(C)n1c(N)n[nH]c1=S. The molecular weight excluding hydrogens is 204 g/mol. The third kappa shape index (κ3) is 1.92. The van der Waals surface area contributed by atoms with Crippen molar-refractivity contribution in [3.8, 4) is 0 Å². The molecule has 1 atom stereocenters. The molecule has 0 bridgehead atoms. The van der Waals surface area contributed by atoms with Crippen LogP contribution in [0, 0.1) is 4.77 Å². The van der Waals surface area contributed by atoms with Gasteiger partial charge in [0.25, 0.3) is 0 Å². The number of carbonyl (C=O) groups is 1. The van der Waals surface area contributed by atoms with E-state index in [9.17, 15) is 4.79 Å². The van der Waals surface area contributed by atoms with Crippen LogP contribution in [0.3, 0.4) is 0 Å². The van der Waals surface area contributed by atoms with Crippen LogP contribution in [0.2, 0.25) is 0 Å². The van der Waals surface area contributed by atoms with E-state index in [0.717, 1.165) is 0 Å². The number of aromatic nitrogens is 3. The van der Waals surface area contributed by atoms with Crippen LogP contribution in [0.15, 0.2) is 0 Å². The van der Waals surface area contributed by atoms with Crippen LogP contribution in [0.5, 0.6) is 0 Å². The van der Waals surface area contributed by atoms with Crippen molar-refractivity contribution in [3.63, 3.8) is 0 Å². The van der Waals surface area contributed by atoms with E-state index in [4.69, 9.17) is 22.7 Å². The Morgan fingerprint density at radius 1 is 1.86 bits per heavy atom. The molecule has 14 heavy (non-hydrogen) atoms. The van der Waals surface area contributed by atoms with Crippen molar-refractivity contribution in [1.29, 1.82) is 0 Å². The molecule has 6 nitrogen and oxygen atoms in total. The average Bonchev–Trinajstić information content (AvgIpc) is 2.46. The van der Waals surface area contributed by atoms with E-state index in [1.54, 1.807) is 13.8 Å². The number of carbonyl (C=O) groups excluding carboxylic acids is 1. The van der Waals surface area contributed by atoms with E-state index >= 15 is 0 Å². The Kier molecular flexibility index (Phi) is 3.23. The summed E-state index contributed by atoms with van der Waals surface area (Å²) in [7, 11) is 0. The van der Waals surface area contributed by atoms with Gasteiger partial charge in [0.1, 0.15) is 6.04 Å². The molecule has 0 saturated heterocycles. The molecule has 1 rings (SSSR count). The van der Waals surface area contributed by atoms with Crippen molar-refractivity contribution in [2.45, 2.75) is 19.9 Å². The highest BCUT2D eigenvalue weighted by Gasteiger charge is 2.19. The molecule has 0 amide bonds. The molecule has 0 spiro atoms. The van der Waals surface area contributed by atoms with E-state index in [0.29, 0.717) is 11.4 Å². The van der Waals surface area contributed by atoms with Gasteiger partial charge in [-0.2, -0.15) is 0 Å². The topological polar surface area (TPSA) is 85.9 Å². The zero-order valence-electron chi connectivity index (χ0n) is 7.98. The van der Waals surface area contributed by atoms with Crippen LogP contribution in [0.4, 0.5) is 5.95 Å². The van der Waals surface area contributed by atoms with Crippen molar-refractivity contribution in [3.05, 3.63) is 4.77 Å². The summed E-state index contributed by atoms with van der Waals surface area (Å²) >= 11 is 4.91. The first-order valence-electron chi connectivity index (χ1n) is 4.17. The molecule has 1 heterocycles. The fraction of sp³-hybridized carbons (Fsp3) is 0.571. The Hall–Kier alpha value is -1.37. The minimum Gasteiger partial charge on any atom is -0.464 e. The zero-order valence-corrected chi connectivity index (χ0v) is 8.80. The van der Waals surface area contributed by atoms with Gasteiger partial charge in [0.05, 0.1) is 6.61 Å². The van der Waals surface area contributed by atoms with E-state index in [1.165, 1.54) is 4.57 Å². The van der Waals surface area contributed by atoms with E-state index in [1.807, 2.05) is 0 Å². The van der Waals surface area contributed by atoms with Crippen LogP contribution < -0.4 is 5.73 Å². The van der Waals surface area contributed by atoms with Gasteiger partial charge in [0.2, 0.25) is 5.95 Å². The maximum Gasteiger partial charge on any atom is 0.329 e. The molecule has 78 valence electrons. The molecule has 7 heteroatoms. The minimum atomic E-state index is -0.554. The monoisotopic (exact) mass is 216 g/mol. The Balaban J connectivity index is 2.94. The Labute approximate surface area is 86.1 Å². The van der Waals surface area contributed by atoms with Crippen LogP contribution in [0.1, 0.15) is 19.9 Å². The summed E-state index contributed by atoms with van der Waals surface area (Å²) in [4.78, 5) is 11.4. The van der Waals surface area contributed by atoms with Gasteiger partial charge in [-0.05, 0) is 26.1 Å². The predicted molar refractivity (Wildman–Crippen MR) is 53.2 cm³/mol. The molecule has 0 aliphatic carbocycles. The quantitative estimate of drug-likeness (QED) is 0.572. The molecule has 0 aliphatic heterocycles. The lowest BCUT2D eigenvalue weighted by Crippen LogP contribution is -2.20. The number of ether oxygens (including phenoxy) is 1. The Morgan fingerprint density at radius 3 is 2.93 bits per heavy atom. The summed E-state index contributed by atoms with van der Waals surface area (Å²) in [6, 6.07) is -0.554. The third-order valence-electron chi connectivity index (χ3n) is 1.75. The van der Waals surface area contributed by atoms with Gasteiger partial charge in [-0.3, -0.25) is 4.57 Å². The second-order valence-corrected chi connectivity index (χ2v) is 3.07. The highest BCUT2D eigenvalue weighted by molar-refractivity contribution is 7.71. The molecule has 3 N–H and O–H groups in total. The number of aromatic amines is 1. The first-order chi connectivity index (χ1) is 6.57. The lowest BCUT2D eigenvalue weighted by molar-refractivity contribution is -0.146. The first kappa shape index (κ1) is 10.7. The maximum atomic E-state index is 11.4. The summed E-state index contributed by atoms with van der Waals surface area (Å²) in [5.74, 6) is -0.202. The Bertz CT molecular complexity index is 383. The smallest absolute Gasteiger partial charge is 0.329 e. The number of rotatable bonds is 3. The Morgan fingerprint density at radius 2 is 2.50 bits per heavy atom. The minimum absolute atomic E-state index is 0.176. The normalized spacial score (nSPS) is 12.4. The fourth-order valence-electron chi connectivity index (χ4n) is 1.06. The molecule has 1 aromatic rings. The van der Waals surface area contributed by atoms with Gasteiger partial charge in [0.15, 0.2) is 4.77 Å². The summed E-state index contributed by atoms with van der Waals surface area (Å²) < 4.78 is 6.55. The van der Waals surface area contributed by atoms with Gasteiger partial charge in [-0.15, -0.1) is 5.10 Å². The molecule has 0 radical (unpaired) electrons. The van der Waals surface area contributed by atoms with Crippen LogP contribution in [-0.2, 0) is 9.53 Å². The molecular formula is C7H12N4O2S. The van der Waals surface area contributed by atoms with E-state index < -0.39 is 6.04 Å². The number of anilines is 1.